The highest BCUT2D eigenvalue weighted by molar-refractivity contribution is 5.62. The van der Waals surface area contributed by atoms with Crippen LogP contribution in [0.2, 0.25) is 0 Å². The average molecular weight is 455 g/mol. The molecule has 0 amide bonds. The van der Waals surface area contributed by atoms with Gasteiger partial charge in [-0.2, -0.15) is 0 Å². The summed E-state index contributed by atoms with van der Waals surface area (Å²) >= 11 is 0. The zero-order valence-electron chi connectivity index (χ0n) is 22.7. The number of alkyl halides is 1. The number of benzene rings is 2. The molecule has 0 aliphatic rings. The molecule has 3 rings (SSSR count). The van der Waals surface area contributed by atoms with E-state index in [1.54, 1.807) is 0 Å². The van der Waals surface area contributed by atoms with Gasteiger partial charge in [-0.15, -0.1) is 0 Å². The van der Waals surface area contributed by atoms with Crippen LogP contribution in [-0.2, 0) is 0 Å². The minimum absolute atomic E-state index is 0.467. The van der Waals surface area contributed by atoms with Gasteiger partial charge < -0.3 is 0 Å². The maximum atomic E-state index is 11.9. The first kappa shape index (κ1) is 30.6. The van der Waals surface area contributed by atoms with E-state index in [2.05, 4.69) is 85.9 Å². The molecule has 33 heavy (non-hydrogen) atoms. The Labute approximate surface area is 203 Å². The van der Waals surface area contributed by atoms with E-state index in [4.69, 9.17) is 0 Å². The van der Waals surface area contributed by atoms with Gasteiger partial charge >= 0.3 is 0 Å². The lowest BCUT2D eigenvalue weighted by Gasteiger charge is -2.21. The first-order valence-electron chi connectivity index (χ1n) is 12.8. The third-order valence-corrected chi connectivity index (χ3v) is 5.14. The summed E-state index contributed by atoms with van der Waals surface area (Å²) in [5, 5.41) is 0. The Hall–Kier alpha value is -2.42. The van der Waals surface area contributed by atoms with Crippen molar-refractivity contribution in [2.45, 2.75) is 100 Å². The summed E-state index contributed by atoms with van der Waals surface area (Å²) in [4.78, 5) is 4.63. The van der Waals surface area contributed by atoms with Crippen LogP contribution in [-0.4, -0.2) is 15.7 Å². The fraction of sp³-hybridized carbons (Fsp3) is 0.500. The van der Waals surface area contributed by atoms with E-state index in [9.17, 15) is 4.39 Å². The molecule has 0 N–H and O–H groups in total. The topological polar surface area (TPSA) is 17.8 Å². The lowest BCUT2D eigenvalue weighted by Crippen LogP contribution is -2.07. The van der Waals surface area contributed by atoms with E-state index in [-0.39, 0.29) is 0 Å². The lowest BCUT2D eigenvalue weighted by atomic mass is 9.92. The molecule has 0 saturated carbocycles. The number of imidazole rings is 1. The van der Waals surface area contributed by atoms with Crippen LogP contribution in [0.25, 0.3) is 17.1 Å². The molecule has 0 atom stereocenters. The highest BCUT2D eigenvalue weighted by Crippen LogP contribution is 2.33. The van der Waals surface area contributed by atoms with E-state index in [0.717, 1.165) is 11.4 Å². The minimum atomic E-state index is -0.565. The number of halogens is 1. The van der Waals surface area contributed by atoms with Gasteiger partial charge in [0.1, 0.15) is 5.82 Å². The molecule has 2 aromatic carbocycles. The van der Waals surface area contributed by atoms with Crippen LogP contribution in [0.4, 0.5) is 4.39 Å². The third kappa shape index (κ3) is 9.15. The largest absolute Gasteiger partial charge is 0.299 e. The molecule has 0 unspecified atom stereocenters. The summed E-state index contributed by atoms with van der Waals surface area (Å²) in [5.41, 5.74) is 5.16. The standard InChI is InChI=1S/C21H24N2.C5H11F.2C2H6/c1-15(2)18-11-8-12-19(16(3)4)20(18)23-14-13-22-21(23)17-9-6-5-7-10-17;1-3-5(6)4-2;2*1-2/h5-16H,1-4H3;5H,3-4H2,1-2H3;2*1-2H3. The molecule has 0 bridgehead atoms. The van der Waals surface area contributed by atoms with Gasteiger partial charge in [-0.1, -0.05) is 118 Å². The van der Waals surface area contributed by atoms with Gasteiger partial charge in [-0.05, 0) is 35.8 Å². The highest BCUT2D eigenvalue weighted by Gasteiger charge is 2.18. The molecular formula is C30H47FN2. The quantitative estimate of drug-likeness (QED) is 0.362. The Morgan fingerprint density at radius 1 is 0.758 bits per heavy atom. The van der Waals surface area contributed by atoms with Gasteiger partial charge in [-0.25, -0.2) is 9.37 Å². The van der Waals surface area contributed by atoms with Crippen LogP contribution in [0.1, 0.15) is 105 Å². The van der Waals surface area contributed by atoms with Crippen molar-refractivity contribution in [3.63, 3.8) is 0 Å². The zero-order valence-corrected chi connectivity index (χ0v) is 22.7. The fourth-order valence-electron chi connectivity index (χ4n) is 3.36. The summed E-state index contributed by atoms with van der Waals surface area (Å²) < 4.78 is 14.1. The molecule has 0 radical (unpaired) electrons. The van der Waals surface area contributed by atoms with Crippen LogP contribution >= 0.6 is 0 Å². The Kier molecular flexibility index (Phi) is 15.9. The molecule has 2 nitrogen and oxygen atoms in total. The summed E-state index contributed by atoms with van der Waals surface area (Å²) in [5.74, 6) is 1.94. The molecule has 0 saturated heterocycles. The first-order valence-corrected chi connectivity index (χ1v) is 12.8. The van der Waals surface area contributed by atoms with Crippen LogP contribution in [0, 0.1) is 0 Å². The normalized spacial score (nSPS) is 10.1. The number of aromatic nitrogens is 2. The van der Waals surface area contributed by atoms with Crippen molar-refractivity contribution in [2.75, 3.05) is 0 Å². The molecule has 0 spiro atoms. The molecule has 0 aliphatic heterocycles. The van der Waals surface area contributed by atoms with Crippen molar-refractivity contribution in [2.24, 2.45) is 0 Å². The zero-order chi connectivity index (χ0) is 25.4. The summed E-state index contributed by atoms with van der Waals surface area (Å²) in [6.07, 6.45) is 4.73. The van der Waals surface area contributed by atoms with Gasteiger partial charge in [0.25, 0.3) is 0 Å². The van der Waals surface area contributed by atoms with Crippen LogP contribution in [0.15, 0.2) is 60.9 Å². The van der Waals surface area contributed by atoms with Gasteiger partial charge in [-0.3, -0.25) is 4.57 Å². The lowest BCUT2D eigenvalue weighted by molar-refractivity contribution is 0.316. The van der Waals surface area contributed by atoms with Gasteiger partial charge in [0, 0.05) is 18.0 Å². The number of para-hydroxylation sites is 1. The highest BCUT2D eigenvalue weighted by atomic mass is 19.1. The molecule has 1 heterocycles. The number of hydrogen-bond acceptors (Lipinski definition) is 1. The van der Waals surface area contributed by atoms with Crippen molar-refractivity contribution in [3.05, 3.63) is 72.1 Å². The van der Waals surface area contributed by atoms with E-state index < -0.39 is 6.17 Å². The summed E-state index contributed by atoms with van der Waals surface area (Å²) in [7, 11) is 0. The van der Waals surface area contributed by atoms with Crippen molar-refractivity contribution >= 4 is 0 Å². The van der Waals surface area contributed by atoms with E-state index >= 15 is 0 Å². The monoisotopic (exact) mass is 454 g/mol. The van der Waals surface area contributed by atoms with Gasteiger partial charge in [0.05, 0.1) is 11.9 Å². The number of rotatable bonds is 6. The molecule has 3 aromatic rings. The Morgan fingerprint density at radius 3 is 1.64 bits per heavy atom. The van der Waals surface area contributed by atoms with Crippen molar-refractivity contribution in [1.29, 1.82) is 0 Å². The van der Waals surface area contributed by atoms with Gasteiger partial charge in [0.2, 0.25) is 0 Å². The average Bonchev–Trinajstić information content (AvgIpc) is 3.36. The van der Waals surface area contributed by atoms with Crippen LogP contribution in [0.3, 0.4) is 0 Å². The molecule has 1 aromatic heterocycles. The molecule has 184 valence electrons. The summed E-state index contributed by atoms with van der Waals surface area (Å²) in [6.45, 7) is 20.7. The summed E-state index contributed by atoms with van der Waals surface area (Å²) in [6, 6.07) is 17.0. The first-order chi connectivity index (χ1) is 15.9. The molecular weight excluding hydrogens is 407 g/mol. The van der Waals surface area contributed by atoms with Crippen molar-refractivity contribution < 1.29 is 4.39 Å². The number of nitrogens with zero attached hydrogens (tertiary/aromatic N) is 2. The van der Waals surface area contributed by atoms with Gasteiger partial charge in [0.15, 0.2) is 0 Å². The predicted octanol–water partition coefficient (Wildman–Crippen LogP) is 9.98. The van der Waals surface area contributed by atoms with Crippen molar-refractivity contribution in [1.82, 2.24) is 9.55 Å². The second-order valence-corrected chi connectivity index (χ2v) is 8.00. The Morgan fingerprint density at radius 2 is 1.24 bits per heavy atom. The maximum Gasteiger partial charge on any atom is 0.144 e. The van der Waals surface area contributed by atoms with E-state index in [1.165, 1.54) is 16.8 Å². The SMILES string of the molecule is CC.CC.CC(C)c1cccc(C(C)C)c1-n1ccnc1-c1ccccc1.CCC(F)CC. The number of hydrogen-bond donors (Lipinski definition) is 0. The van der Waals surface area contributed by atoms with E-state index in [1.807, 2.05) is 53.8 Å². The van der Waals surface area contributed by atoms with Crippen LogP contribution in [0.5, 0.6) is 0 Å². The Bertz CT molecular complexity index is 836. The molecule has 0 aliphatic carbocycles. The van der Waals surface area contributed by atoms with Crippen molar-refractivity contribution in [3.8, 4) is 17.1 Å². The van der Waals surface area contributed by atoms with E-state index in [0.29, 0.717) is 24.7 Å². The minimum Gasteiger partial charge on any atom is -0.299 e. The van der Waals surface area contributed by atoms with Crippen LogP contribution < -0.4 is 0 Å². The third-order valence-electron chi connectivity index (χ3n) is 5.14. The second kappa shape index (κ2) is 17.1. The smallest absolute Gasteiger partial charge is 0.144 e. The maximum absolute atomic E-state index is 11.9. The fourth-order valence-corrected chi connectivity index (χ4v) is 3.36. The predicted molar refractivity (Wildman–Crippen MR) is 145 cm³/mol. The Balaban J connectivity index is 0.000000880. The second-order valence-electron chi connectivity index (χ2n) is 8.00. The molecule has 3 heteroatoms. The molecule has 0 fully saturated rings.